The molecule has 4 nitrogen and oxygen atoms in total. The number of carboxylic acids is 1. The third-order valence-corrected chi connectivity index (χ3v) is 6.28. The van der Waals surface area contributed by atoms with Crippen molar-refractivity contribution in [3.8, 4) is 0 Å². The Labute approximate surface area is 164 Å². The Balaban J connectivity index is 1.63. The fourth-order valence-corrected chi connectivity index (χ4v) is 4.38. The van der Waals surface area contributed by atoms with E-state index in [0.29, 0.717) is 31.5 Å². The van der Waals surface area contributed by atoms with Gasteiger partial charge in [0.05, 0.1) is 5.92 Å². The molecular formula is C22H25NO3S. The molecule has 3 rings (SSSR count). The second-order valence-electron chi connectivity index (χ2n) is 7.16. The van der Waals surface area contributed by atoms with Crippen molar-refractivity contribution in [2.24, 2.45) is 5.92 Å². The first-order chi connectivity index (χ1) is 12.9. The molecule has 2 aromatic carbocycles. The van der Waals surface area contributed by atoms with Gasteiger partial charge in [-0.2, -0.15) is 0 Å². The van der Waals surface area contributed by atoms with Gasteiger partial charge in [0, 0.05) is 29.3 Å². The van der Waals surface area contributed by atoms with Gasteiger partial charge in [-0.1, -0.05) is 29.8 Å². The number of carbonyl (C=O) groups excluding carboxylic acids is 1. The largest absolute Gasteiger partial charge is 0.481 e. The molecule has 0 saturated carbocycles. The van der Waals surface area contributed by atoms with Crippen molar-refractivity contribution in [1.29, 1.82) is 0 Å². The van der Waals surface area contributed by atoms with Gasteiger partial charge >= 0.3 is 5.97 Å². The van der Waals surface area contributed by atoms with Crippen LogP contribution in [0, 0.1) is 19.8 Å². The Morgan fingerprint density at radius 1 is 1.11 bits per heavy atom. The van der Waals surface area contributed by atoms with Crippen LogP contribution in [0.4, 0.5) is 0 Å². The highest BCUT2D eigenvalue weighted by Crippen LogP contribution is 2.27. The minimum absolute atomic E-state index is 0.00259. The third kappa shape index (κ3) is 4.92. The number of nitrogens with zero attached hydrogens (tertiary/aromatic N) is 1. The van der Waals surface area contributed by atoms with E-state index in [4.69, 9.17) is 5.11 Å². The van der Waals surface area contributed by atoms with E-state index >= 15 is 0 Å². The summed E-state index contributed by atoms with van der Waals surface area (Å²) in [5, 5.41) is 9.10. The molecule has 0 radical (unpaired) electrons. The Morgan fingerprint density at radius 2 is 1.85 bits per heavy atom. The fraction of sp³-hybridized carbons (Fsp3) is 0.364. The van der Waals surface area contributed by atoms with Crippen LogP contribution in [0.2, 0.25) is 0 Å². The molecule has 27 heavy (non-hydrogen) atoms. The van der Waals surface area contributed by atoms with Gasteiger partial charge in [-0.25, -0.2) is 0 Å². The molecule has 1 amide bonds. The van der Waals surface area contributed by atoms with E-state index in [1.165, 1.54) is 16.0 Å². The lowest BCUT2D eigenvalue weighted by Crippen LogP contribution is -2.40. The molecule has 0 atom stereocenters. The molecule has 1 aliphatic heterocycles. The Kier molecular flexibility index (Phi) is 6.22. The first-order valence-electron chi connectivity index (χ1n) is 9.25. The van der Waals surface area contributed by atoms with Crippen LogP contribution in [0.1, 0.15) is 39.9 Å². The number of piperidine rings is 1. The second kappa shape index (κ2) is 8.61. The van der Waals surface area contributed by atoms with Crippen molar-refractivity contribution < 1.29 is 14.7 Å². The van der Waals surface area contributed by atoms with Crippen molar-refractivity contribution in [3.05, 3.63) is 64.7 Å². The van der Waals surface area contributed by atoms with Crippen LogP contribution in [-0.2, 0) is 10.5 Å². The number of carboxylic acid groups (broad SMARTS) is 1. The second-order valence-corrected chi connectivity index (χ2v) is 8.18. The Hall–Kier alpha value is -2.27. The van der Waals surface area contributed by atoms with E-state index in [1.54, 1.807) is 16.7 Å². The van der Waals surface area contributed by atoms with Gasteiger partial charge in [-0.15, -0.1) is 11.8 Å². The third-order valence-electron chi connectivity index (χ3n) is 5.03. The van der Waals surface area contributed by atoms with E-state index < -0.39 is 5.97 Å². The van der Waals surface area contributed by atoms with Crippen LogP contribution in [0.25, 0.3) is 0 Å². The molecule has 0 bridgehead atoms. The Morgan fingerprint density at radius 3 is 2.52 bits per heavy atom. The summed E-state index contributed by atoms with van der Waals surface area (Å²) in [5.41, 5.74) is 4.33. The number of rotatable bonds is 5. The molecule has 0 aromatic heterocycles. The van der Waals surface area contributed by atoms with Crippen molar-refractivity contribution in [2.75, 3.05) is 13.1 Å². The van der Waals surface area contributed by atoms with Gasteiger partial charge in [-0.05, 0) is 56.0 Å². The van der Waals surface area contributed by atoms with E-state index in [0.717, 1.165) is 11.3 Å². The van der Waals surface area contributed by atoms with E-state index in [-0.39, 0.29) is 11.8 Å². The molecule has 1 heterocycles. The first kappa shape index (κ1) is 19.5. The van der Waals surface area contributed by atoms with Crippen LogP contribution >= 0.6 is 11.8 Å². The first-order valence-corrected chi connectivity index (χ1v) is 10.2. The topological polar surface area (TPSA) is 57.6 Å². The minimum Gasteiger partial charge on any atom is -0.481 e. The average molecular weight is 384 g/mol. The van der Waals surface area contributed by atoms with Gasteiger partial charge in [0.15, 0.2) is 0 Å². The summed E-state index contributed by atoms with van der Waals surface area (Å²) < 4.78 is 0. The summed E-state index contributed by atoms with van der Waals surface area (Å²) in [5.74, 6) is -0.272. The maximum atomic E-state index is 12.8. The number of hydrogen-bond donors (Lipinski definition) is 1. The average Bonchev–Trinajstić information content (AvgIpc) is 2.67. The van der Waals surface area contributed by atoms with Crippen LogP contribution in [-0.4, -0.2) is 35.0 Å². The lowest BCUT2D eigenvalue weighted by molar-refractivity contribution is -0.143. The highest BCUT2D eigenvalue weighted by atomic mass is 32.2. The van der Waals surface area contributed by atoms with Crippen molar-refractivity contribution in [2.45, 2.75) is 37.3 Å². The van der Waals surface area contributed by atoms with Crippen molar-refractivity contribution in [3.63, 3.8) is 0 Å². The number of hydrogen-bond acceptors (Lipinski definition) is 3. The van der Waals surface area contributed by atoms with Crippen LogP contribution in [0.5, 0.6) is 0 Å². The number of benzene rings is 2. The van der Waals surface area contributed by atoms with E-state index in [1.807, 2.05) is 24.3 Å². The van der Waals surface area contributed by atoms with Crippen LogP contribution < -0.4 is 0 Å². The van der Waals surface area contributed by atoms with Gasteiger partial charge in [0.25, 0.3) is 5.91 Å². The summed E-state index contributed by atoms with van der Waals surface area (Å²) in [6, 6.07) is 14.2. The molecule has 5 heteroatoms. The minimum atomic E-state index is -0.757. The summed E-state index contributed by atoms with van der Waals surface area (Å²) in [7, 11) is 0. The monoisotopic (exact) mass is 383 g/mol. The van der Waals surface area contributed by atoms with Gasteiger partial charge in [-0.3, -0.25) is 9.59 Å². The SMILES string of the molecule is Cc1ccc(SCc2cccc(C(=O)N3CCC(C(=O)O)CC3)c2)c(C)c1. The number of carbonyl (C=O) groups is 2. The molecule has 142 valence electrons. The lowest BCUT2D eigenvalue weighted by Gasteiger charge is -2.30. The Bertz CT molecular complexity index is 841. The highest BCUT2D eigenvalue weighted by Gasteiger charge is 2.27. The molecular weight excluding hydrogens is 358 g/mol. The zero-order chi connectivity index (χ0) is 19.4. The molecule has 2 aromatic rings. The number of thioether (sulfide) groups is 1. The number of amides is 1. The number of aliphatic carboxylic acids is 1. The van der Waals surface area contributed by atoms with E-state index in [9.17, 15) is 9.59 Å². The van der Waals surface area contributed by atoms with Crippen LogP contribution in [0.15, 0.2) is 47.4 Å². The highest BCUT2D eigenvalue weighted by molar-refractivity contribution is 7.98. The molecule has 1 fully saturated rings. The summed E-state index contributed by atoms with van der Waals surface area (Å²) in [6.07, 6.45) is 1.06. The summed E-state index contributed by atoms with van der Waals surface area (Å²) in [4.78, 5) is 26.9. The normalized spacial score (nSPS) is 15.0. The molecule has 1 N–H and O–H groups in total. The smallest absolute Gasteiger partial charge is 0.306 e. The number of likely N-dealkylation sites (tertiary alicyclic amines) is 1. The standard InChI is InChI=1S/C22H25NO3S/c1-15-6-7-20(16(2)12-15)27-14-17-4-3-5-19(13-17)21(24)23-10-8-18(9-11-23)22(25)26/h3-7,12-13,18H,8-11,14H2,1-2H3,(H,25,26). The molecule has 0 spiro atoms. The maximum absolute atomic E-state index is 12.8. The van der Waals surface area contributed by atoms with Gasteiger partial charge in [0.1, 0.15) is 0 Å². The predicted molar refractivity (Wildman–Crippen MR) is 108 cm³/mol. The van der Waals surface area contributed by atoms with Crippen molar-refractivity contribution >= 4 is 23.6 Å². The summed E-state index contributed by atoms with van der Waals surface area (Å²) >= 11 is 1.78. The lowest BCUT2D eigenvalue weighted by atomic mass is 9.96. The number of aryl methyl sites for hydroxylation is 2. The quantitative estimate of drug-likeness (QED) is 0.771. The van der Waals surface area contributed by atoms with Gasteiger partial charge in [0.2, 0.25) is 0 Å². The molecule has 1 aliphatic rings. The predicted octanol–water partition coefficient (Wildman–Crippen LogP) is 4.53. The molecule has 1 saturated heterocycles. The van der Waals surface area contributed by atoms with E-state index in [2.05, 4.69) is 32.0 Å². The fourth-order valence-electron chi connectivity index (χ4n) is 3.43. The summed E-state index contributed by atoms with van der Waals surface area (Å²) in [6.45, 7) is 5.24. The van der Waals surface area contributed by atoms with Crippen LogP contribution in [0.3, 0.4) is 0 Å². The maximum Gasteiger partial charge on any atom is 0.306 e. The zero-order valence-electron chi connectivity index (χ0n) is 15.8. The van der Waals surface area contributed by atoms with Crippen molar-refractivity contribution in [1.82, 2.24) is 4.90 Å². The molecule has 0 unspecified atom stereocenters. The zero-order valence-corrected chi connectivity index (χ0v) is 16.6. The van der Waals surface area contributed by atoms with Gasteiger partial charge < -0.3 is 10.0 Å². The molecule has 0 aliphatic carbocycles.